The highest BCUT2D eigenvalue weighted by Crippen LogP contribution is 2.20. The number of hydrogen-bond acceptors (Lipinski definition) is 6. The Labute approximate surface area is 168 Å². The molecule has 150 valence electrons. The molecule has 0 bridgehead atoms. The lowest BCUT2D eigenvalue weighted by Gasteiger charge is -2.18. The molecule has 3 rings (SSSR count). The van der Waals surface area contributed by atoms with E-state index in [0.717, 1.165) is 16.7 Å². The Morgan fingerprint density at radius 1 is 1.07 bits per heavy atom. The molecule has 1 atom stereocenters. The molecule has 0 radical (unpaired) electrons. The summed E-state index contributed by atoms with van der Waals surface area (Å²) in [5.74, 6) is -0.329. The second-order valence-corrected chi connectivity index (χ2v) is 6.55. The zero-order valence-corrected chi connectivity index (χ0v) is 16.2. The average molecular weight is 393 g/mol. The van der Waals surface area contributed by atoms with Crippen LogP contribution in [0.15, 0.2) is 54.6 Å². The van der Waals surface area contributed by atoms with Crippen molar-refractivity contribution in [3.63, 3.8) is 0 Å². The number of rotatable bonds is 9. The molecule has 0 saturated heterocycles. The van der Waals surface area contributed by atoms with Crippen LogP contribution >= 0.6 is 0 Å². The van der Waals surface area contributed by atoms with Crippen molar-refractivity contribution >= 4 is 11.9 Å². The standard InChI is InChI=1S/C21H23N5O3/c1-2-29-21(28)13-18(22-20(27)14-19-23-25-26-24-19)12-15-8-10-17(11-9-15)16-6-4-3-5-7-16/h3-11,18H,2,12-14H2,1H3,(H,22,27)(H,23,24,25,26)/t18-/m1/s1. The van der Waals surface area contributed by atoms with Crippen LogP contribution < -0.4 is 5.32 Å². The Hall–Kier alpha value is -3.55. The van der Waals surface area contributed by atoms with Gasteiger partial charge >= 0.3 is 5.97 Å². The van der Waals surface area contributed by atoms with E-state index in [1.54, 1.807) is 6.92 Å². The predicted molar refractivity (Wildman–Crippen MR) is 107 cm³/mol. The fourth-order valence-electron chi connectivity index (χ4n) is 3.02. The molecular weight excluding hydrogens is 370 g/mol. The average Bonchev–Trinajstić information content (AvgIpc) is 3.22. The van der Waals surface area contributed by atoms with Gasteiger partial charge in [-0.3, -0.25) is 9.59 Å². The van der Waals surface area contributed by atoms with Gasteiger partial charge in [-0.1, -0.05) is 59.8 Å². The second-order valence-electron chi connectivity index (χ2n) is 6.55. The van der Waals surface area contributed by atoms with Gasteiger partial charge in [-0.25, -0.2) is 0 Å². The molecule has 0 aliphatic rings. The minimum atomic E-state index is -0.393. The Balaban J connectivity index is 1.66. The number of carbonyl (C=O) groups excluding carboxylic acids is 2. The number of ether oxygens (including phenoxy) is 1. The first-order chi connectivity index (χ1) is 14.1. The highest BCUT2D eigenvalue weighted by molar-refractivity contribution is 5.79. The molecule has 0 saturated carbocycles. The van der Waals surface area contributed by atoms with Crippen LogP contribution in [0, 0.1) is 0 Å². The van der Waals surface area contributed by atoms with Gasteiger partial charge in [-0.15, -0.1) is 10.2 Å². The zero-order chi connectivity index (χ0) is 20.5. The number of H-pyrrole nitrogens is 1. The molecular formula is C21H23N5O3. The van der Waals surface area contributed by atoms with Crippen LogP contribution in [-0.2, 0) is 27.2 Å². The Kier molecular flexibility index (Phi) is 7.05. The fraction of sp³-hybridized carbons (Fsp3) is 0.286. The van der Waals surface area contributed by atoms with E-state index in [2.05, 4.69) is 38.1 Å². The number of benzene rings is 2. The summed E-state index contributed by atoms with van der Waals surface area (Å²) in [6.07, 6.45) is 0.584. The zero-order valence-electron chi connectivity index (χ0n) is 16.2. The third kappa shape index (κ3) is 6.24. The lowest BCUT2D eigenvalue weighted by atomic mass is 9.99. The van der Waals surface area contributed by atoms with Crippen LogP contribution in [0.4, 0.5) is 0 Å². The van der Waals surface area contributed by atoms with E-state index in [1.807, 2.05) is 42.5 Å². The number of tetrazole rings is 1. The van der Waals surface area contributed by atoms with Gasteiger partial charge in [0.1, 0.15) is 0 Å². The number of amides is 1. The van der Waals surface area contributed by atoms with E-state index in [1.165, 1.54) is 0 Å². The first-order valence-electron chi connectivity index (χ1n) is 9.45. The number of esters is 1. The minimum absolute atomic E-state index is 0.0111. The molecule has 0 fully saturated rings. The van der Waals surface area contributed by atoms with Gasteiger partial charge in [0.15, 0.2) is 5.82 Å². The summed E-state index contributed by atoms with van der Waals surface area (Å²) in [6, 6.07) is 17.8. The maximum absolute atomic E-state index is 12.3. The fourth-order valence-corrected chi connectivity index (χ4v) is 3.02. The third-order valence-corrected chi connectivity index (χ3v) is 4.33. The van der Waals surface area contributed by atoms with E-state index >= 15 is 0 Å². The van der Waals surface area contributed by atoms with Crippen molar-refractivity contribution in [3.05, 3.63) is 66.0 Å². The monoisotopic (exact) mass is 393 g/mol. The molecule has 2 N–H and O–H groups in total. The molecule has 0 aliphatic heterocycles. The van der Waals surface area contributed by atoms with Gasteiger partial charge in [0.05, 0.1) is 19.4 Å². The third-order valence-electron chi connectivity index (χ3n) is 4.33. The molecule has 29 heavy (non-hydrogen) atoms. The summed E-state index contributed by atoms with van der Waals surface area (Å²) >= 11 is 0. The summed E-state index contributed by atoms with van der Waals surface area (Å²) in [4.78, 5) is 24.3. The summed E-state index contributed by atoms with van der Waals surface area (Å²) in [5.41, 5.74) is 3.26. The summed E-state index contributed by atoms with van der Waals surface area (Å²) < 4.78 is 5.04. The lowest BCUT2D eigenvalue weighted by molar-refractivity contribution is -0.143. The number of carbonyl (C=O) groups is 2. The number of nitrogens with one attached hydrogen (secondary N) is 2. The summed E-state index contributed by atoms with van der Waals surface area (Å²) in [6.45, 7) is 2.05. The second kappa shape index (κ2) is 10.1. The first-order valence-corrected chi connectivity index (χ1v) is 9.45. The van der Waals surface area contributed by atoms with E-state index in [0.29, 0.717) is 18.9 Å². The molecule has 8 nitrogen and oxygen atoms in total. The highest BCUT2D eigenvalue weighted by Gasteiger charge is 2.19. The quantitative estimate of drug-likeness (QED) is 0.539. The van der Waals surface area contributed by atoms with Gasteiger partial charge in [0.25, 0.3) is 0 Å². The van der Waals surface area contributed by atoms with Crippen LogP contribution in [0.2, 0.25) is 0 Å². The van der Waals surface area contributed by atoms with Crippen molar-refractivity contribution in [1.29, 1.82) is 0 Å². The maximum Gasteiger partial charge on any atom is 0.307 e. The molecule has 0 aliphatic carbocycles. The number of hydrogen-bond donors (Lipinski definition) is 2. The Bertz CT molecular complexity index is 911. The van der Waals surface area contributed by atoms with Gasteiger partial charge in [0, 0.05) is 6.04 Å². The lowest BCUT2D eigenvalue weighted by Crippen LogP contribution is -2.39. The van der Waals surface area contributed by atoms with Crippen LogP contribution in [0.3, 0.4) is 0 Å². The van der Waals surface area contributed by atoms with Crippen molar-refractivity contribution in [2.75, 3.05) is 6.61 Å². The SMILES string of the molecule is CCOC(=O)C[C@@H](Cc1ccc(-c2ccccc2)cc1)NC(=O)Cc1nn[nH]n1. The van der Waals surface area contributed by atoms with Crippen molar-refractivity contribution in [3.8, 4) is 11.1 Å². The molecule has 0 spiro atoms. The van der Waals surface area contributed by atoms with E-state index in [4.69, 9.17) is 4.74 Å². The smallest absolute Gasteiger partial charge is 0.307 e. The molecule has 3 aromatic rings. The van der Waals surface area contributed by atoms with Crippen LogP contribution in [0.25, 0.3) is 11.1 Å². The van der Waals surface area contributed by atoms with Gasteiger partial charge in [-0.2, -0.15) is 5.21 Å². The number of nitrogens with zero attached hydrogens (tertiary/aromatic N) is 3. The largest absolute Gasteiger partial charge is 0.466 e. The molecule has 1 aromatic heterocycles. The minimum Gasteiger partial charge on any atom is -0.466 e. The Morgan fingerprint density at radius 2 is 1.79 bits per heavy atom. The normalized spacial score (nSPS) is 11.6. The van der Waals surface area contributed by atoms with Crippen molar-refractivity contribution in [2.24, 2.45) is 0 Å². The molecule has 1 heterocycles. The van der Waals surface area contributed by atoms with Crippen LogP contribution in [0.5, 0.6) is 0 Å². The predicted octanol–water partition coefficient (Wildman–Crippen LogP) is 2.09. The topological polar surface area (TPSA) is 110 Å². The van der Waals surface area contributed by atoms with Gasteiger partial charge in [-0.05, 0) is 30.0 Å². The molecule has 2 aromatic carbocycles. The Morgan fingerprint density at radius 3 is 2.45 bits per heavy atom. The summed E-state index contributed by atoms with van der Waals surface area (Å²) in [5, 5.41) is 16.2. The van der Waals surface area contributed by atoms with Gasteiger partial charge < -0.3 is 10.1 Å². The van der Waals surface area contributed by atoms with E-state index in [-0.39, 0.29) is 24.7 Å². The first kappa shape index (κ1) is 20.2. The van der Waals surface area contributed by atoms with Gasteiger partial charge in [0.2, 0.25) is 5.91 Å². The number of aromatic amines is 1. The molecule has 0 unspecified atom stereocenters. The molecule has 1 amide bonds. The number of aromatic nitrogens is 4. The highest BCUT2D eigenvalue weighted by atomic mass is 16.5. The van der Waals surface area contributed by atoms with Crippen LogP contribution in [-0.4, -0.2) is 45.1 Å². The van der Waals surface area contributed by atoms with Crippen molar-refractivity contribution in [2.45, 2.75) is 32.2 Å². The van der Waals surface area contributed by atoms with Crippen molar-refractivity contribution < 1.29 is 14.3 Å². The molecule has 8 heteroatoms. The van der Waals surface area contributed by atoms with E-state index < -0.39 is 6.04 Å². The van der Waals surface area contributed by atoms with Crippen LogP contribution in [0.1, 0.15) is 24.7 Å². The summed E-state index contributed by atoms with van der Waals surface area (Å²) in [7, 11) is 0. The van der Waals surface area contributed by atoms with Crippen molar-refractivity contribution in [1.82, 2.24) is 25.9 Å². The van der Waals surface area contributed by atoms with E-state index in [9.17, 15) is 9.59 Å². The maximum atomic E-state index is 12.3.